The molecule has 2 aromatic rings. The monoisotopic (exact) mass is 404 g/mol. The molecule has 7 nitrogen and oxygen atoms in total. The zero-order valence-corrected chi connectivity index (χ0v) is 16.0. The van der Waals surface area contributed by atoms with E-state index in [1.54, 1.807) is 23.1 Å². The Hall–Kier alpha value is -2.80. The molecule has 1 aliphatic heterocycles. The first-order valence-corrected chi connectivity index (χ1v) is 9.42. The van der Waals surface area contributed by atoms with Gasteiger partial charge in [-0.25, -0.2) is 0 Å². The second-order valence-corrected chi connectivity index (χ2v) is 6.93. The number of ether oxygens (including phenoxy) is 1. The Morgan fingerprint density at radius 3 is 2.57 bits per heavy atom. The van der Waals surface area contributed by atoms with Crippen molar-refractivity contribution in [2.45, 2.75) is 19.4 Å². The van der Waals surface area contributed by atoms with Crippen molar-refractivity contribution >= 4 is 29.4 Å². The van der Waals surface area contributed by atoms with Gasteiger partial charge in [-0.15, -0.1) is 0 Å². The zero-order valence-electron chi connectivity index (χ0n) is 15.2. The van der Waals surface area contributed by atoms with Crippen molar-refractivity contribution in [3.05, 3.63) is 59.0 Å². The Balaban J connectivity index is 1.38. The van der Waals surface area contributed by atoms with Crippen molar-refractivity contribution in [1.82, 2.24) is 10.2 Å². The van der Waals surface area contributed by atoms with Crippen LogP contribution in [0.5, 0.6) is 0 Å². The molecule has 1 fully saturated rings. The summed E-state index contributed by atoms with van der Waals surface area (Å²) in [7, 11) is 0. The highest BCUT2D eigenvalue weighted by atomic mass is 35.5. The van der Waals surface area contributed by atoms with Gasteiger partial charge in [-0.3, -0.25) is 14.4 Å². The molecule has 2 amide bonds. The molecule has 1 aromatic carbocycles. The zero-order chi connectivity index (χ0) is 19.9. The number of halogens is 1. The molecule has 1 aliphatic rings. The maximum atomic E-state index is 12.2. The molecule has 0 unspecified atom stereocenters. The number of hydrogen-bond acceptors (Lipinski definition) is 5. The fraction of sp³-hybridized carbons (Fsp3) is 0.350. The molecule has 0 saturated carbocycles. The lowest BCUT2D eigenvalue weighted by molar-refractivity contribution is -0.153. The van der Waals surface area contributed by atoms with Gasteiger partial charge in [0.25, 0.3) is 11.8 Å². The number of nitrogens with one attached hydrogen (secondary N) is 1. The minimum absolute atomic E-state index is 0.184. The number of carbonyl (C=O) groups is 3. The average molecular weight is 405 g/mol. The minimum atomic E-state index is -0.419. The van der Waals surface area contributed by atoms with Crippen LogP contribution in [0.1, 0.15) is 29.0 Å². The summed E-state index contributed by atoms with van der Waals surface area (Å²) in [5, 5.41) is 3.24. The van der Waals surface area contributed by atoms with Crippen molar-refractivity contribution in [3.8, 4) is 0 Å². The number of amides is 2. The number of hydrogen-bond donors (Lipinski definition) is 1. The van der Waals surface area contributed by atoms with Crippen molar-refractivity contribution in [3.63, 3.8) is 0 Å². The van der Waals surface area contributed by atoms with E-state index in [2.05, 4.69) is 5.32 Å². The van der Waals surface area contributed by atoms with Gasteiger partial charge in [-0.1, -0.05) is 29.8 Å². The minimum Gasteiger partial charge on any atom is -0.459 e. The summed E-state index contributed by atoms with van der Waals surface area (Å²) < 4.78 is 10.2. The van der Waals surface area contributed by atoms with E-state index in [-0.39, 0.29) is 30.7 Å². The Morgan fingerprint density at radius 1 is 1.14 bits per heavy atom. The quantitative estimate of drug-likeness (QED) is 0.747. The molecule has 1 aromatic heterocycles. The fourth-order valence-corrected chi connectivity index (χ4v) is 3.22. The maximum Gasteiger partial charge on any atom is 0.309 e. The predicted octanol–water partition coefficient (Wildman–Crippen LogP) is 2.64. The van der Waals surface area contributed by atoms with Gasteiger partial charge in [0.15, 0.2) is 12.4 Å². The van der Waals surface area contributed by atoms with Crippen molar-refractivity contribution in [2.75, 3.05) is 19.7 Å². The van der Waals surface area contributed by atoms with Gasteiger partial charge in [0.05, 0.1) is 12.2 Å². The first-order chi connectivity index (χ1) is 13.5. The number of likely N-dealkylation sites (tertiary alicyclic amines) is 1. The molecule has 28 heavy (non-hydrogen) atoms. The van der Waals surface area contributed by atoms with E-state index in [9.17, 15) is 14.4 Å². The highest BCUT2D eigenvalue weighted by molar-refractivity contribution is 6.31. The summed E-state index contributed by atoms with van der Waals surface area (Å²) in [5.41, 5.74) is 0.789. The Labute approximate surface area is 167 Å². The van der Waals surface area contributed by atoms with Crippen LogP contribution < -0.4 is 5.32 Å². The summed E-state index contributed by atoms with van der Waals surface area (Å²) in [4.78, 5) is 38.0. The molecule has 8 heteroatoms. The van der Waals surface area contributed by atoms with Gasteiger partial charge in [-0.2, -0.15) is 0 Å². The van der Waals surface area contributed by atoms with Gasteiger partial charge in [0.2, 0.25) is 0 Å². The van der Waals surface area contributed by atoms with Crippen LogP contribution >= 0.6 is 11.6 Å². The first kappa shape index (κ1) is 19.9. The third kappa shape index (κ3) is 5.13. The number of nitrogens with zero attached hydrogens (tertiary/aromatic N) is 1. The van der Waals surface area contributed by atoms with E-state index in [4.69, 9.17) is 20.8 Å². The number of carbonyl (C=O) groups excluding carboxylic acids is 3. The highest BCUT2D eigenvalue weighted by Gasteiger charge is 2.29. The summed E-state index contributed by atoms with van der Waals surface area (Å²) in [6.45, 7) is 0.814. The predicted molar refractivity (Wildman–Crippen MR) is 102 cm³/mol. The summed E-state index contributed by atoms with van der Waals surface area (Å²) in [6.07, 6.45) is 2.44. The van der Waals surface area contributed by atoms with E-state index in [1.165, 1.54) is 6.26 Å². The van der Waals surface area contributed by atoms with E-state index < -0.39 is 11.9 Å². The lowest BCUT2D eigenvalue weighted by Gasteiger charge is -2.30. The molecule has 0 aliphatic carbocycles. The molecule has 2 heterocycles. The van der Waals surface area contributed by atoms with Crippen molar-refractivity contribution in [2.24, 2.45) is 5.92 Å². The van der Waals surface area contributed by atoms with Crippen LogP contribution in [0, 0.1) is 5.92 Å². The number of furan rings is 1. The van der Waals surface area contributed by atoms with Gasteiger partial charge in [0.1, 0.15) is 0 Å². The number of rotatable bonds is 6. The third-order valence-corrected chi connectivity index (χ3v) is 5.00. The van der Waals surface area contributed by atoms with Crippen LogP contribution in [0.15, 0.2) is 47.1 Å². The Morgan fingerprint density at radius 2 is 1.89 bits per heavy atom. The largest absolute Gasteiger partial charge is 0.459 e. The molecule has 148 valence electrons. The van der Waals surface area contributed by atoms with Gasteiger partial charge >= 0.3 is 5.97 Å². The summed E-state index contributed by atoms with van der Waals surface area (Å²) >= 11 is 6.03. The number of esters is 1. The summed E-state index contributed by atoms with van der Waals surface area (Å²) in [5.74, 6) is -1.03. The molecule has 1 saturated heterocycles. The molecule has 1 N–H and O–H groups in total. The summed E-state index contributed by atoms with van der Waals surface area (Å²) in [6, 6.07) is 10.5. The van der Waals surface area contributed by atoms with Gasteiger partial charge < -0.3 is 19.4 Å². The average Bonchev–Trinajstić information content (AvgIpc) is 3.26. The van der Waals surface area contributed by atoms with Crippen LogP contribution in [-0.2, 0) is 20.9 Å². The molecule has 0 bridgehead atoms. The molecule has 0 spiro atoms. The van der Waals surface area contributed by atoms with E-state index in [0.29, 0.717) is 31.0 Å². The second-order valence-electron chi connectivity index (χ2n) is 6.52. The Bertz CT molecular complexity index is 829. The van der Waals surface area contributed by atoms with Crippen molar-refractivity contribution < 1.29 is 23.5 Å². The molecular weight excluding hydrogens is 384 g/mol. The molecular formula is C20H21ClN2O5. The second kappa shape index (κ2) is 9.41. The SMILES string of the molecule is O=C(COC(=O)C1CCN(C(=O)c2ccco2)CC1)NCc1ccccc1Cl. The first-order valence-electron chi connectivity index (χ1n) is 9.04. The molecule has 3 rings (SSSR count). The standard InChI is InChI=1S/C20H21ClN2O5/c21-16-5-2-1-4-15(16)12-22-18(24)13-28-20(26)14-7-9-23(10-8-14)19(25)17-6-3-11-27-17/h1-6,11,14H,7-10,12-13H2,(H,22,24). The smallest absolute Gasteiger partial charge is 0.309 e. The van der Waals surface area contributed by atoms with E-state index in [1.807, 2.05) is 18.2 Å². The number of benzene rings is 1. The van der Waals surface area contributed by atoms with Crippen LogP contribution in [-0.4, -0.2) is 42.4 Å². The lowest BCUT2D eigenvalue weighted by Crippen LogP contribution is -2.41. The maximum absolute atomic E-state index is 12.2. The van der Waals surface area contributed by atoms with Gasteiger partial charge in [0, 0.05) is 24.7 Å². The molecule has 0 atom stereocenters. The normalized spacial score (nSPS) is 14.5. The van der Waals surface area contributed by atoms with Crippen LogP contribution in [0.4, 0.5) is 0 Å². The lowest BCUT2D eigenvalue weighted by atomic mass is 9.97. The Kier molecular flexibility index (Phi) is 6.71. The van der Waals surface area contributed by atoms with Crippen LogP contribution in [0.25, 0.3) is 0 Å². The molecule has 0 radical (unpaired) electrons. The third-order valence-electron chi connectivity index (χ3n) is 4.63. The fourth-order valence-electron chi connectivity index (χ4n) is 3.02. The number of piperidine rings is 1. The van der Waals surface area contributed by atoms with E-state index in [0.717, 1.165) is 5.56 Å². The van der Waals surface area contributed by atoms with Crippen LogP contribution in [0.2, 0.25) is 5.02 Å². The van der Waals surface area contributed by atoms with Crippen LogP contribution in [0.3, 0.4) is 0 Å². The van der Waals surface area contributed by atoms with Crippen molar-refractivity contribution in [1.29, 1.82) is 0 Å². The van der Waals surface area contributed by atoms with Gasteiger partial charge in [-0.05, 0) is 36.6 Å². The highest BCUT2D eigenvalue weighted by Crippen LogP contribution is 2.20. The topological polar surface area (TPSA) is 88.9 Å². The van der Waals surface area contributed by atoms with E-state index >= 15 is 0 Å².